The van der Waals surface area contributed by atoms with Crippen LogP contribution in [0.15, 0.2) is 48.7 Å². The molecule has 0 bridgehead atoms. The molecule has 7 rings (SSSR count). The van der Waals surface area contributed by atoms with E-state index in [0.717, 1.165) is 19.0 Å². The number of fused-ring (bicyclic) bond motifs is 2. The van der Waals surface area contributed by atoms with Gasteiger partial charge in [0.1, 0.15) is 29.8 Å². The minimum Gasteiger partial charge on any atom is -0.461 e. The topological polar surface area (TPSA) is 77.9 Å². The average Bonchev–Trinajstić information content (AvgIpc) is 3.72. The van der Waals surface area contributed by atoms with Gasteiger partial charge in [-0.25, -0.2) is 17.6 Å². The molecule has 3 aliphatic rings. The van der Waals surface area contributed by atoms with Gasteiger partial charge in [0.05, 0.1) is 10.9 Å². The number of likely N-dealkylation sites (tertiary alicyclic amines) is 3. The number of halogens is 4. The van der Waals surface area contributed by atoms with Crippen molar-refractivity contribution >= 4 is 33.4 Å². The quantitative estimate of drug-likeness (QED) is 0.162. The Kier molecular flexibility index (Phi) is 9.14. The molecule has 0 N–H and O–H groups in total. The van der Waals surface area contributed by atoms with Crippen LogP contribution in [-0.2, 0) is 4.79 Å². The van der Waals surface area contributed by atoms with Gasteiger partial charge in [0.25, 0.3) is 0 Å². The number of amides is 1. The third kappa shape index (κ3) is 6.04. The maximum absolute atomic E-state index is 16.7. The second kappa shape index (κ2) is 13.4. The summed E-state index contributed by atoms with van der Waals surface area (Å²) < 4.78 is 66.9. The minimum atomic E-state index is -1.10. The second-order valence-corrected chi connectivity index (χ2v) is 13.9. The molecular formula is C37H41F4N7O2. The predicted molar refractivity (Wildman–Crippen MR) is 184 cm³/mol. The fourth-order valence-corrected chi connectivity index (χ4v) is 7.57. The van der Waals surface area contributed by atoms with E-state index in [9.17, 15) is 13.6 Å². The lowest BCUT2D eigenvalue weighted by Gasteiger charge is -2.35. The zero-order valence-corrected chi connectivity index (χ0v) is 28.7. The summed E-state index contributed by atoms with van der Waals surface area (Å²) in [6, 6.07) is 7.20. The molecule has 13 heteroatoms. The van der Waals surface area contributed by atoms with Crippen LogP contribution < -0.4 is 9.64 Å². The number of likely N-dealkylation sites (N-methyl/N-ethyl adjacent to an activating group) is 3. The number of hydrogen-bond acceptors (Lipinski definition) is 8. The van der Waals surface area contributed by atoms with Crippen LogP contribution in [0.2, 0.25) is 0 Å². The average molecular weight is 692 g/mol. The van der Waals surface area contributed by atoms with Crippen molar-refractivity contribution in [3.63, 3.8) is 0 Å². The molecule has 2 aromatic heterocycles. The lowest BCUT2D eigenvalue weighted by Crippen LogP contribution is -2.46. The summed E-state index contributed by atoms with van der Waals surface area (Å²) in [7, 11) is 5.70. The Labute approximate surface area is 288 Å². The predicted octanol–water partition coefficient (Wildman–Crippen LogP) is 5.76. The molecule has 264 valence electrons. The highest BCUT2D eigenvalue weighted by atomic mass is 19.2. The van der Waals surface area contributed by atoms with E-state index in [0.29, 0.717) is 37.1 Å². The molecular weight excluding hydrogens is 650 g/mol. The van der Waals surface area contributed by atoms with Crippen LogP contribution in [0.1, 0.15) is 32.6 Å². The van der Waals surface area contributed by atoms with Gasteiger partial charge < -0.3 is 14.5 Å². The zero-order chi connectivity index (χ0) is 35.3. The molecule has 2 aromatic carbocycles. The number of anilines is 1. The van der Waals surface area contributed by atoms with E-state index in [1.165, 1.54) is 18.3 Å². The van der Waals surface area contributed by atoms with Gasteiger partial charge in [-0.3, -0.25) is 19.6 Å². The van der Waals surface area contributed by atoms with Gasteiger partial charge in [-0.1, -0.05) is 37.3 Å². The lowest BCUT2D eigenvalue weighted by molar-refractivity contribution is -0.125. The summed E-state index contributed by atoms with van der Waals surface area (Å²) in [5.74, 6) is -2.72. The van der Waals surface area contributed by atoms with Crippen molar-refractivity contribution < 1.29 is 27.1 Å². The Bertz CT molecular complexity index is 1980. The fraction of sp³-hybridized carbons (Fsp3) is 0.459. The van der Waals surface area contributed by atoms with Crippen molar-refractivity contribution in [2.24, 2.45) is 0 Å². The third-order valence-electron chi connectivity index (χ3n) is 11.0. The smallest absolute Gasteiger partial charge is 0.319 e. The summed E-state index contributed by atoms with van der Waals surface area (Å²) in [6.45, 7) is 4.31. The first-order valence-corrected chi connectivity index (χ1v) is 17.1. The summed E-state index contributed by atoms with van der Waals surface area (Å²) in [4.78, 5) is 34.5. The molecule has 3 aliphatic heterocycles. The minimum absolute atomic E-state index is 0.0643. The summed E-state index contributed by atoms with van der Waals surface area (Å²) in [5, 5.41) is 0.587. The molecule has 3 saturated heterocycles. The van der Waals surface area contributed by atoms with E-state index in [4.69, 9.17) is 9.72 Å². The zero-order valence-electron chi connectivity index (χ0n) is 28.7. The maximum atomic E-state index is 16.7. The fourth-order valence-electron chi connectivity index (χ4n) is 7.57. The number of carbonyl (C=O) groups is 1. The molecule has 1 amide bonds. The van der Waals surface area contributed by atoms with Gasteiger partial charge in [0.2, 0.25) is 5.91 Å². The molecule has 0 aliphatic carbocycles. The van der Waals surface area contributed by atoms with Gasteiger partial charge >= 0.3 is 6.01 Å². The number of rotatable bonds is 9. The first-order valence-electron chi connectivity index (χ1n) is 17.1. The first-order chi connectivity index (χ1) is 24.0. The van der Waals surface area contributed by atoms with Crippen LogP contribution >= 0.6 is 0 Å². The monoisotopic (exact) mass is 691 g/mol. The van der Waals surface area contributed by atoms with Crippen LogP contribution in [-0.4, -0.2) is 113 Å². The number of carbonyl (C=O) groups excluding carboxylic acids is 1. The van der Waals surface area contributed by atoms with Crippen LogP contribution in [0.3, 0.4) is 0 Å². The Morgan fingerprint density at radius 3 is 2.60 bits per heavy atom. The van der Waals surface area contributed by atoms with Gasteiger partial charge in [-0.2, -0.15) is 9.97 Å². The largest absolute Gasteiger partial charge is 0.461 e. The van der Waals surface area contributed by atoms with Crippen LogP contribution in [0.25, 0.3) is 32.9 Å². The standard InChI is InChI=1S/C37H41F4N7O2/c1-5-37(17-23(38)19-46(37)3)21-50-36-43-34-27(18-42-33(32(34)41)26-8-6-7-22-9-11-28(39)31(40)30(22)26)35(44-36)47(4)25-14-16-48(20-25)29(49)12-10-24-13-15-45(24)2/h6-12,18,23-25H,5,13-17,19-21H2,1-4H3/b12-10+/t23-,24+,25-,37+/m1/s1. The van der Waals surface area contributed by atoms with Gasteiger partial charge in [-0.05, 0) is 44.8 Å². The van der Waals surface area contributed by atoms with Crippen LogP contribution in [0, 0.1) is 17.5 Å². The van der Waals surface area contributed by atoms with Gasteiger partial charge in [-0.15, -0.1) is 0 Å². The lowest BCUT2D eigenvalue weighted by atomic mass is 9.94. The van der Waals surface area contributed by atoms with Crippen molar-refractivity contribution in [3.8, 4) is 17.3 Å². The molecule has 4 atom stereocenters. The summed E-state index contributed by atoms with van der Waals surface area (Å²) >= 11 is 0. The molecule has 3 fully saturated rings. The first kappa shape index (κ1) is 34.1. The van der Waals surface area contributed by atoms with Crippen molar-refractivity contribution in [3.05, 3.63) is 66.1 Å². The Morgan fingerprint density at radius 1 is 1.08 bits per heavy atom. The summed E-state index contributed by atoms with van der Waals surface area (Å²) in [6.07, 6.45) is 6.60. The highest BCUT2D eigenvalue weighted by molar-refractivity contribution is 5.99. The number of nitrogens with zero attached hydrogens (tertiary/aromatic N) is 7. The molecule has 50 heavy (non-hydrogen) atoms. The molecule has 0 spiro atoms. The number of benzene rings is 2. The van der Waals surface area contributed by atoms with Crippen LogP contribution in [0.5, 0.6) is 6.01 Å². The number of ether oxygens (including phenoxy) is 1. The molecule has 5 heterocycles. The normalized spacial score (nSPS) is 24.5. The number of hydrogen-bond donors (Lipinski definition) is 0. The highest BCUT2D eigenvalue weighted by Gasteiger charge is 2.43. The van der Waals surface area contributed by atoms with E-state index in [-0.39, 0.29) is 71.1 Å². The van der Waals surface area contributed by atoms with Crippen molar-refractivity contribution in [2.75, 3.05) is 58.8 Å². The van der Waals surface area contributed by atoms with E-state index in [2.05, 4.69) is 14.9 Å². The Morgan fingerprint density at radius 2 is 1.90 bits per heavy atom. The molecule has 9 nitrogen and oxygen atoms in total. The van der Waals surface area contributed by atoms with Crippen LogP contribution in [0.4, 0.5) is 23.4 Å². The van der Waals surface area contributed by atoms with Crippen molar-refractivity contribution in [1.29, 1.82) is 0 Å². The van der Waals surface area contributed by atoms with Gasteiger partial charge in [0.15, 0.2) is 17.5 Å². The Balaban J connectivity index is 1.26. The number of alkyl halides is 1. The highest BCUT2D eigenvalue weighted by Crippen LogP contribution is 2.38. The van der Waals surface area contributed by atoms with Crippen molar-refractivity contribution in [1.82, 2.24) is 29.7 Å². The number of pyridine rings is 1. The Hall–Kier alpha value is -4.36. The SMILES string of the molecule is CC[C@@]1(COc2nc(N(C)[C@@H]3CCN(C(=O)/C=C/[C@H]4CCN4C)C3)c3cnc(-c4cccc5ccc(F)c(F)c45)c(F)c3n2)C[C@@H](F)CN1C. The summed E-state index contributed by atoms with van der Waals surface area (Å²) in [5.41, 5.74) is -0.826. The molecule has 0 unspecified atom stereocenters. The number of aromatic nitrogens is 3. The van der Waals surface area contributed by atoms with E-state index in [1.54, 1.807) is 23.1 Å². The second-order valence-electron chi connectivity index (χ2n) is 13.9. The third-order valence-corrected chi connectivity index (χ3v) is 11.0. The van der Waals surface area contributed by atoms with E-state index >= 15 is 8.78 Å². The van der Waals surface area contributed by atoms with Crippen molar-refractivity contribution in [2.45, 2.75) is 56.4 Å². The van der Waals surface area contributed by atoms with E-state index < -0.39 is 29.2 Å². The molecule has 0 radical (unpaired) electrons. The van der Waals surface area contributed by atoms with Gasteiger partial charge in [0, 0.05) is 75.0 Å². The maximum Gasteiger partial charge on any atom is 0.319 e. The molecule has 0 saturated carbocycles. The molecule has 4 aromatic rings. The van der Waals surface area contributed by atoms with E-state index in [1.807, 2.05) is 43.9 Å².